The molecule has 8 heteroatoms. The number of nitrogens with one attached hydrogen (secondary N) is 2. The van der Waals surface area contributed by atoms with Crippen LogP contribution in [0.2, 0.25) is 0 Å². The van der Waals surface area contributed by atoms with E-state index in [9.17, 15) is 13.2 Å². The summed E-state index contributed by atoms with van der Waals surface area (Å²) in [5.41, 5.74) is 1.82. The van der Waals surface area contributed by atoms with E-state index in [4.69, 9.17) is 9.47 Å². The number of carbonyl (C=O) groups excluding carboxylic acids is 1. The maximum Gasteiger partial charge on any atom is 0.255 e. The van der Waals surface area contributed by atoms with Crippen molar-refractivity contribution in [3.05, 3.63) is 90.0 Å². The van der Waals surface area contributed by atoms with Crippen molar-refractivity contribution in [3.63, 3.8) is 0 Å². The molecule has 0 aliphatic heterocycles. The molecule has 0 aliphatic carbocycles. The highest BCUT2D eigenvalue weighted by Gasteiger charge is 2.14. The van der Waals surface area contributed by atoms with Gasteiger partial charge in [-0.25, -0.2) is 13.1 Å². The fourth-order valence-corrected chi connectivity index (χ4v) is 3.74. The molecule has 3 aromatic rings. The third-order valence-electron chi connectivity index (χ3n) is 4.40. The molecule has 31 heavy (non-hydrogen) atoms. The molecule has 0 fully saturated rings. The Morgan fingerprint density at radius 3 is 2.19 bits per heavy atom. The highest BCUT2D eigenvalue weighted by atomic mass is 32.2. The van der Waals surface area contributed by atoms with Gasteiger partial charge in [0, 0.05) is 24.9 Å². The van der Waals surface area contributed by atoms with Crippen molar-refractivity contribution in [2.75, 3.05) is 25.6 Å². The van der Waals surface area contributed by atoms with Gasteiger partial charge < -0.3 is 14.8 Å². The lowest BCUT2D eigenvalue weighted by molar-refractivity contribution is 0.102. The number of sulfonamides is 1. The Balaban J connectivity index is 1.57. The van der Waals surface area contributed by atoms with E-state index in [1.165, 1.54) is 12.1 Å². The Labute approximate surface area is 182 Å². The maximum absolute atomic E-state index is 12.5. The highest BCUT2D eigenvalue weighted by Crippen LogP contribution is 2.17. The van der Waals surface area contributed by atoms with E-state index in [0.717, 1.165) is 5.56 Å². The summed E-state index contributed by atoms with van der Waals surface area (Å²) in [4.78, 5) is 12.5. The number of amides is 1. The number of hydrogen-bond acceptors (Lipinski definition) is 5. The minimum absolute atomic E-state index is 0.124. The summed E-state index contributed by atoms with van der Waals surface area (Å²) in [5, 5.41) is 2.75. The molecule has 1 amide bonds. The zero-order valence-corrected chi connectivity index (χ0v) is 17.9. The lowest BCUT2D eigenvalue weighted by Crippen LogP contribution is -2.23. The van der Waals surface area contributed by atoms with E-state index in [1.807, 2.05) is 30.3 Å². The Bertz CT molecular complexity index is 1080. The first-order chi connectivity index (χ1) is 15.0. The SMILES string of the molecule is COCCOc1ccc(C(=O)Nc2ccc(S(=O)(=O)NCc3ccccc3)cc2)cc1. The molecule has 7 nitrogen and oxygen atoms in total. The van der Waals surface area contributed by atoms with Crippen molar-refractivity contribution < 1.29 is 22.7 Å². The first-order valence-corrected chi connectivity index (χ1v) is 11.1. The molecule has 0 aliphatic rings. The van der Waals surface area contributed by atoms with Crippen LogP contribution in [-0.2, 0) is 21.3 Å². The number of anilines is 1. The lowest BCUT2D eigenvalue weighted by Gasteiger charge is -2.09. The second kappa shape index (κ2) is 10.7. The molecule has 0 saturated carbocycles. The van der Waals surface area contributed by atoms with Crippen LogP contribution < -0.4 is 14.8 Å². The van der Waals surface area contributed by atoms with Gasteiger partial charge in [-0.15, -0.1) is 0 Å². The van der Waals surface area contributed by atoms with Crippen molar-refractivity contribution in [1.82, 2.24) is 4.72 Å². The van der Waals surface area contributed by atoms with Crippen molar-refractivity contribution in [1.29, 1.82) is 0 Å². The van der Waals surface area contributed by atoms with Gasteiger partial charge >= 0.3 is 0 Å². The maximum atomic E-state index is 12.5. The van der Waals surface area contributed by atoms with Gasteiger partial charge in [0.1, 0.15) is 12.4 Å². The topological polar surface area (TPSA) is 93.7 Å². The van der Waals surface area contributed by atoms with Gasteiger partial charge in [-0.05, 0) is 54.1 Å². The molecule has 0 unspecified atom stereocenters. The molecular formula is C23H24N2O5S. The molecule has 0 spiro atoms. The first-order valence-electron chi connectivity index (χ1n) is 9.65. The summed E-state index contributed by atoms with van der Waals surface area (Å²) < 4.78 is 37.9. The molecule has 3 rings (SSSR count). The summed E-state index contributed by atoms with van der Waals surface area (Å²) in [7, 11) is -2.06. The van der Waals surface area contributed by atoms with E-state index in [0.29, 0.717) is 30.2 Å². The molecule has 2 N–H and O–H groups in total. The molecule has 162 valence electrons. The second-order valence-electron chi connectivity index (χ2n) is 6.65. The van der Waals surface area contributed by atoms with Gasteiger partial charge in [-0.3, -0.25) is 4.79 Å². The first kappa shape index (κ1) is 22.5. The number of methoxy groups -OCH3 is 1. The minimum Gasteiger partial charge on any atom is -0.491 e. The van der Waals surface area contributed by atoms with Gasteiger partial charge in [0.25, 0.3) is 5.91 Å². The average Bonchev–Trinajstić information content (AvgIpc) is 2.79. The Kier molecular flexibility index (Phi) is 7.77. The van der Waals surface area contributed by atoms with Crippen molar-refractivity contribution in [3.8, 4) is 5.75 Å². The Morgan fingerprint density at radius 1 is 0.871 bits per heavy atom. The average molecular weight is 441 g/mol. The molecule has 0 radical (unpaired) electrons. The molecule has 0 saturated heterocycles. The van der Waals surface area contributed by atoms with Crippen molar-refractivity contribution in [2.45, 2.75) is 11.4 Å². The Morgan fingerprint density at radius 2 is 1.55 bits per heavy atom. The Hall–Kier alpha value is -3.20. The molecule has 0 atom stereocenters. The van der Waals surface area contributed by atoms with Gasteiger partial charge in [0.15, 0.2) is 0 Å². The van der Waals surface area contributed by atoms with Gasteiger partial charge in [-0.2, -0.15) is 0 Å². The monoisotopic (exact) mass is 440 g/mol. The lowest BCUT2D eigenvalue weighted by atomic mass is 10.2. The normalized spacial score (nSPS) is 11.1. The largest absolute Gasteiger partial charge is 0.491 e. The predicted octanol–water partition coefficient (Wildman–Crippen LogP) is 3.44. The van der Waals surface area contributed by atoms with Crippen molar-refractivity contribution >= 4 is 21.6 Å². The second-order valence-corrected chi connectivity index (χ2v) is 8.42. The van der Waals surface area contributed by atoms with E-state index in [2.05, 4.69) is 10.0 Å². The van der Waals surface area contributed by atoms with Crippen LogP contribution >= 0.6 is 0 Å². The number of hydrogen-bond donors (Lipinski definition) is 2. The summed E-state index contributed by atoms with van der Waals surface area (Å²) in [6.07, 6.45) is 0. The van der Waals surface area contributed by atoms with Crippen LogP contribution in [0.3, 0.4) is 0 Å². The van der Waals surface area contributed by atoms with Crippen LogP contribution in [0.25, 0.3) is 0 Å². The zero-order valence-electron chi connectivity index (χ0n) is 17.1. The fraction of sp³-hybridized carbons (Fsp3) is 0.174. The highest BCUT2D eigenvalue weighted by molar-refractivity contribution is 7.89. The molecule has 0 bridgehead atoms. The molecule has 3 aromatic carbocycles. The van der Waals surface area contributed by atoms with Crippen LogP contribution in [0.5, 0.6) is 5.75 Å². The minimum atomic E-state index is -3.66. The van der Waals surface area contributed by atoms with Crippen LogP contribution in [0.4, 0.5) is 5.69 Å². The summed E-state index contributed by atoms with van der Waals surface area (Å²) in [6.45, 7) is 1.11. The van der Waals surface area contributed by atoms with Crippen LogP contribution in [-0.4, -0.2) is 34.6 Å². The quantitative estimate of drug-likeness (QED) is 0.471. The molecular weight excluding hydrogens is 416 g/mol. The van der Waals surface area contributed by atoms with Crippen LogP contribution in [0.1, 0.15) is 15.9 Å². The number of ether oxygens (including phenoxy) is 2. The van der Waals surface area contributed by atoms with Crippen LogP contribution in [0, 0.1) is 0 Å². The molecule has 0 aromatic heterocycles. The van der Waals surface area contributed by atoms with Crippen molar-refractivity contribution in [2.24, 2.45) is 0 Å². The van der Waals surface area contributed by atoms with Gasteiger partial charge in [-0.1, -0.05) is 30.3 Å². The van der Waals surface area contributed by atoms with E-state index >= 15 is 0 Å². The predicted molar refractivity (Wildman–Crippen MR) is 119 cm³/mol. The number of rotatable bonds is 10. The smallest absolute Gasteiger partial charge is 0.255 e. The van der Waals surface area contributed by atoms with Gasteiger partial charge in [0.2, 0.25) is 10.0 Å². The fourth-order valence-electron chi connectivity index (χ4n) is 2.72. The van der Waals surface area contributed by atoms with Gasteiger partial charge in [0.05, 0.1) is 11.5 Å². The van der Waals surface area contributed by atoms with E-state index in [1.54, 1.807) is 43.5 Å². The number of carbonyl (C=O) groups is 1. The van der Waals surface area contributed by atoms with Crippen LogP contribution in [0.15, 0.2) is 83.8 Å². The number of benzene rings is 3. The molecule has 0 heterocycles. The van der Waals surface area contributed by atoms with E-state index < -0.39 is 10.0 Å². The summed E-state index contributed by atoms with van der Waals surface area (Å²) >= 11 is 0. The van der Waals surface area contributed by atoms with E-state index in [-0.39, 0.29) is 17.3 Å². The summed E-state index contributed by atoms with van der Waals surface area (Å²) in [5.74, 6) is 0.340. The summed E-state index contributed by atoms with van der Waals surface area (Å²) in [6, 6.07) is 22.0. The standard InChI is InChI=1S/C23H24N2O5S/c1-29-15-16-30-21-11-7-19(8-12-21)23(26)25-20-9-13-22(14-10-20)31(27,28)24-17-18-5-3-2-4-6-18/h2-14,24H,15-17H2,1H3,(H,25,26). The third-order valence-corrected chi connectivity index (χ3v) is 5.82. The third kappa shape index (κ3) is 6.65. The zero-order chi connectivity index (χ0) is 22.1.